The average molecular weight is 566 g/mol. The third-order valence-electron chi connectivity index (χ3n) is 7.73. The van der Waals surface area contributed by atoms with Crippen molar-refractivity contribution in [3.63, 3.8) is 0 Å². The van der Waals surface area contributed by atoms with Crippen molar-refractivity contribution >= 4 is 11.8 Å². The number of hydrogen-bond acceptors (Lipinski definition) is 3. The Kier molecular flexibility index (Phi) is 15.7. The van der Waals surface area contributed by atoms with Gasteiger partial charge in [0.05, 0.1) is 6.61 Å². The van der Waals surface area contributed by atoms with Gasteiger partial charge in [-0.15, -0.1) is 0 Å². The Morgan fingerprint density at radius 1 is 0.805 bits per heavy atom. The molecule has 0 N–H and O–H groups in total. The van der Waals surface area contributed by atoms with E-state index in [1.54, 1.807) is 6.07 Å². The normalized spacial score (nSPS) is 11.5. The summed E-state index contributed by atoms with van der Waals surface area (Å²) in [7, 11) is 0. The van der Waals surface area contributed by atoms with Gasteiger partial charge in [0.25, 0.3) is 5.91 Å². The van der Waals surface area contributed by atoms with E-state index >= 15 is 0 Å². The molecule has 0 saturated heterocycles. The Bertz CT molecular complexity index is 1060. The van der Waals surface area contributed by atoms with E-state index in [2.05, 4.69) is 39.2 Å². The second-order valence-corrected chi connectivity index (χ2v) is 12.5. The minimum atomic E-state index is -0.276. The molecule has 5 heteroatoms. The molecule has 41 heavy (non-hydrogen) atoms. The smallest absolute Gasteiger partial charge is 0.260 e. The molecule has 1 aromatic carbocycles. The first kappa shape index (κ1) is 34.5. The molecule has 0 radical (unpaired) electrons. The highest BCUT2D eigenvalue weighted by Gasteiger charge is 2.27. The van der Waals surface area contributed by atoms with Crippen molar-refractivity contribution < 1.29 is 18.9 Å². The van der Waals surface area contributed by atoms with Gasteiger partial charge < -0.3 is 4.74 Å². The van der Waals surface area contributed by atoms with Crippen LogP contribution in [0.2, 0.25) is 0 Å². The first-order valence-electron chi connectivity index (χ1n) is 16.3. The second kappa shape index (κ2) is 18.7. The maximum Gasteiger partial charge on any atom is 0.260 e. The van der Waals surface area contributed by atoms with Gasteiger partial charge in [-0.3, -0.25) is 14.5 Å². The second-order valence-electron chi connectivity index (χ2n) is 12.5. The Balaban J connectivity index is 1.92. The van der Waals surface area contributed by atoms with Crippen molar-refractivity contribution in [3.8, 4) is 5.75 Å². The molecule has 0 fully saturated rings. The molecule has 228 valence electrons. The monoisotopic (exact) mass is 565 g/mol. The number of unbranched alkanes of at least 4 members (excludes halogenated alkanes) is 11. The molecule has 2 aromatic rings. The molecule has 0 unspecified atom stereocenters. The van der Waals surface area contributed by atoms with E-state index < -0.39 is 0 Å². The summed E-state index contributed by atoms with van der Waals surface area (Å²) in [5.41, 5.74) is 2.25. The van der Waals surface area contributed by atoms with Crippen LogP contribution in [0.15, 0.2) is 42.6 Å². The van der Waals surface area contributed by atoms with Crippen molar-refractivity contribution in [1.82, 2.24) is 4.90 Å². The number of amides is 2. The number of pyridine rings is 1. The van der Waals surface area contributed by atoms with Crippen LogP contribution in [0, 0.1) is 0 Å². The molecule has 0 saturated carbocycles. The summed E-state index contributed by atoms with van der Waals surface area (Å²) in [4.78, 5) is 27.5. The predicted molar refractivity (Wildman–Crippen MR) is 169 cm³/mol. The summed E-state index contributed by atoms with van der Waals surface area (Å²) in [5, 5.41) is 0. The van der Waals surface area contributed by atoms with Gasteiger partial charge in [-0.25, -0.2) is 4.57 Å². The Morgan fingerprint density at radius 3 is 1.98 bits per heavy atom. The third-order valence-corrected chi connectivity index (χ3v) is 7.73. The molecule has 0 spiro atoms. The van der Waals surface area contributed by atoms with Crippen LogP contribution in [0.3, 0.4) is 0 Å². The van der Waals surface area contributed by atoms with Crippen molar-refractivity contribution in [3.05, 3.63) is 59.4 Å². The van der Waals surface area contributed by atoms with Crippen LogP contribution in [0.5, 0.6) is 5.75 Å². The molecular formula is C36H57N2O3+. The number of carbonyl (C=O) groups is 2. The molecule has 0 aliphatic heterocycles. The lowest BCUT2D eigenvalue weighted by Gasteiger charge is -2.25. The SMILES string of the molecule is CCCCCCCCCCCCCCOc1ccc(C(=O)N(Cc2cccc[n+]2CCC)C(C)=O)cc1C(C)(C)C. The van der Waals surface area contributed by atoms with Gasteiger partial charge >= 0.3 is 0 Å². The fourth-order valence-corrected chi connectivity index (χ4v) is 5.26. The zero-order chi connectivity index (χ0) is 30.1. The summed E-state index contributed by atoms with van der Waals surface area (Å²) in [5.74, 6) is 0.296. The van der Waals surface area contributed by atoms with Gasteiger partial charge in [0.2, 0.25) is 11.6 Å². The number of aromatic nitrogens is 1. The number of benzene rings is 1. The Morgan fingerprint density at radius 2 is 1.41 bits per heavy atom. The van der Waals surface area contributed by atoms with Gasteiger partial charge in [0.1, 0.15) is 18.8 Å². The lowest BCUT2D eigenvalue weighted by Crippen LogP contribution is -2.43. The number of nitrogens with zero attached hydrogens (tertiary/aromatic N) is 2. The van der Waals surface area contributed by atoms with Gasteiger partial charge in [0, 0.05) is 36.6 Å². The van der Waals surface area contributed by atoms with Crippen LogP contribution in [0.4, 0.5) is 0 Å². The predicted octanol–water partition coefficient (Wildman–Crippen LogP) is 8.95. The first-order valence-corrected chi connectivity index (χ1v) is 16.3. The Labute approximate surface area is 250 Å². The van der Waals surface area contributed by atoms with Gasteiger partial charge in [-0.05, 0) is 30.0 Å². The van der Waals surface area contributed by atoms with Crippen LogP contribution in [0.1, 0.15) is 147 Å². The highest BCUT2D eigenvalue weighted by molar-refractivity contribution is 6.04. The molecule has 0 aliphatic rings. The van der Waals surface area contributed by atoms with E-state index in [1.165, 1.54) is 82.5 Å². The fourth-order valence-electron chi connectivity index (χ4n) is 5.26. The summed E-state index contributed by atoms with van der Waals surface area (Å²) < 4.78 is 8.35. The van der Waals surface area contributed by atoms with E-state index in [4.69, 9.17) is 4.74 Å². The molecule has 5 nitrogen and oxygen atoms in total. The van der Waals surface area contributed by atoms with Crippen LogP contribution in [-0.4, -0.2) is 23.3 Å². The van der Waals surface area contributed by atoms with Crippen LogP contribution in [-0.2, 0) is 23.3 Å². The Hall–Kier alpha value is -2.69. The van der Waals surface area contributed by atoms with E-state index in [0.717, 1.165) is 36.4 Å². The lowest BCUT2D eigenvalue weighted by molar-refractivity contribution is -0.704. The van der Waals surface area contributed by atoms with Crippen molar-refractivity contribution in [2.45, 2.75) is 144 Å². The minimum Gasteiger partial charge on any atom is -0.493 e. The quantitative estimate of drug-likeness (QED) is 0.126. The van der Waals surface area contributed by atoms with Crippen molar-refractivity contribution in [1.29, 1.82) is 0 Å². The highest BCUT2D eigenvalue weighted by atomic mass is 16.5. The summed E-state index contributed by atoms with van der Waals surface area (Å²) in [6.45, 7) is 14.0. The van der Waals surface area contributed by atoms with Crippen LogP contribution in [0.25, 0.3) is 0 Å². The molecule has 0 aliphatic carbocycles. The third kappa shape index (κ3) is 12.4. The molecule has 1 aromatic heterocycles. The topological polar surface area (TPSA) is 50.5 Å². The average Bonchev–Trinajstić information content (AvgIpc) is 2.94. The highest BCUT2D eigenvalue weighted by Crippen LogP contribution is 2.33. The first-order chi connectivity index (χ1) is 19.7. The molecule has 2 rings (SSSR count). The van der Waals surface area contributed by atoms with Gasteiger partial charge in [-0.1, -0.05) is 111 Å². The number of aryl methyl sites for hydroxylation is 1. The number of rotatable bonds is 19. The standard InChI is InChI=1S/C36H57N2O3/c1-7-9-10-11-12-13-14-15-16-17-18-21-27-41-34-24-23-31(28-33(34)36(4,5)6)35(40)38(30(3)39)29-32-22-19-20-26-37(32)25-8-2/h19-20,22-24,26,28H,7-18,21,25,27,29H2,1-6H3/q+1. The largest absolute Gasteiger partial charge is 0.493 e. The molecule has 1 heterocycles. The van der Waals surface area contributed by atoms with E-state index in [1.807, 2.05) is 36.5 Å². The maximum absolute atomic E-state index is 13.6. The summed E-state index contributed by atoms with van der Waals surface area (Å²) >= 11 is 0. The maximum atomic E-state index is 13.6. The lowest BCUT2D eigenvalue weighted by atomic mass is 9.85. The fraction of sp³-hybridized carbons (Fsp3) is 0.639. The molecular weight excluding hydrogens is 508 g/mol. The molecule has 0 atom stereocenters. The van der Waals surface area contributed by atoms with Gasteiger partial charge in [-0.2, -0.15) is 0 Å². The summed E-state index contributed by atoms with van der Waals surface area (Å²) in [6, 6.07) is 11.5. The van der Waals surface area contributed by atoms with Crippen molar-refractivity contribution in [2.24, 2.45) is 0 Å². The summed E-state index contributed by atoms with van der Waals surface area (Å²) in [6.07, 6.45) is 18.8. The zero-order valence-electron chi connectivity index (χ0n) is 27.0. The number of imide groups is 1. The molecule has 0 bridgehead atoms. The number of hydrogen-bond donors (Lipinski definition) is 0. The number of carbonyl (C=O) groups excluding carboxylic acids is 2. The number of ether oxygens (including phenoxy) is 1. The van der Waals surface area contributed by atoms with E-state index in [9.17, 15) is 9.59 Å². The molecule has 2 amide bonds. The van der Waals surface area contributed by atoms with E-state index in [-0.39, 0.29) is 23.8 Å². The van der Waals surface area contributed by atoms with Crippen LogP contribution < -0.4 is 9.30 Å². The van der Waals surface area contributed by atoms with E-state index in [0.29, 0.717) is 12.2 Å². The van der Waals surface area contributed by atoms with Gasteiger partial charge in [0.15, 0.2) is 6.20 Å². The zero-order valence-corrected chi connectivity index (χ0v) is 27.0. The van der Waals surface area contributed by atoms with Crippen LogP contribution >= 0.6 is 0 Å². The minimum absolute atomic E-state index is 0.202. The van der Waals surface area contributed by atoms with Crippen molar-refractivity contribution in [2.75, 3.05) is 6.61 Å².